The van der Waals surface area contributed by atoms with E-state index in [0.717, 1.165) is 5.69 Å². The van der Waals surface area contributed by atoms with Crippen molar-refractivity contribution in [2.75, 3.05) is 31.1 Å². The maximum atomic E-state index is 14.0. The van der Waals surface area contributed by atoms with Crippen LogP contribution >= 0.6 is 0 Å². The summed E-state index contributed by atoms with van der Waals surface area (Å²) in [5, 5.41) is 13.7. The Kier molecular flexibility index (Phi) is 5.91. The summed E-state index contributed by atoms with van der Waals surface area (Å²) in [5.41, 5.74) is 2.54. The summed E-state index contributed by atoms with van der Waals surface area (Å²) in [6.07, 6.45) is 1.56. The van der Waals surface area contributed by atoms with Crippen molar-refractivity contribution in [3.8, 4) is 11.8 Å². The molecule has 1 amide bonds. The van der Waals surface area contributed by atoms with Crippen molar-refractivity contribution in [3.05, 3.63) is 77.1 Å². The van der Waals surface area contributed by atoms with Crippen LogP contribution in [0.2, 0.25) is 0 Å². The lowest BCUT2D eigenvalue weighted by Crippen LogP contribution is -2.49. The second-order valence-corrected chi connectivity index (χ2v) is 8.01. The molecule has 6 nitrogen and oxygen atoms in total. The zero-order valence-corrected chi connectivity index (χ0v) is 17.9. The monoisotopic (exact) mass is 435 g/mol. The average molecular weight is 435 g/mol. The molecular weight excluding hydrogens is 412 g/mol. The summed E-state index contributed by atoms with van der Waals surface area (Å²) in [6.45, 7) is 5.84. The first-order valence-electron chi connectivity index (χ1n) is 10.5. The molecule has 0 aliphatic carbocycles. The number of benzene rings is 2. The molecule has 2 heterocycles. The summed E-state index contributed by atoms with van der Waals surface area (Å²) in [4.78, 5) is 17.0. The Bertz CT molecular complexity index is 1170. The van der Waals surface area contributed by atoms with Gasteiger partial charge in [0.1, 0.15) is 23.3 Å². The fourth-order valence-corrected chi connectivity index (χ4v) is 4.07. The molecule has 0 bridgehead atoms. The maximum absolute atomic E-state index is 14.0. The number of amides is 1. The Hall–Kier alpha value is -3.73. The first kappa shape index (κ1) is 21.5. The van der Waals surface area contributed by atoms with Gasteiger partial charge in [-0.3, -0.25) is 4.79 Å². The summed E-state index contributed by atoms with van der Waals surface area (Å²) in [7, 11) is 0. The van der Waals surface area contributed by atoms with Gasteiger partial charge < -0.3 is 9.80 Å². The lowest BCUT2D eigenvalue weighted by molar-refractivity contribution is 0.0745. The Labute approximate surface area is 185 Å². The third kappa shape index (κ3) is 3.94. The number of nitrogens with zero attached hydrogens (tertiary/aromatic N) is 5. The molecule has 0 N–H and O–H groups in total. The molecule has 1 fully saturated rings. The first-order valence-corrected chi connectivity index (χ1v) is 10.5. The number of piperazine rings is 1. The Balaban J connectivity index is 1.55. The largest absolute Gasteiger partial charge is 0.367 e. The minimum Gasteiger partial charge on any atom is -0.367 e. The van der Waals surface area contributed by atoms with Gasteiger partial charge in [0.15, 0.2) is 0 Å². The van der Waals surface area contributed by atoms with E-state index in [9.17, 15) is 18.8 Å². The lowest BCUT2D eigenvalue weighted by atomic mass is 10.0. The third-order valence-corrected chi connectivity index (χ3v) is 5.67. The second-order valence-electron chi connectivity index (χ2n) is 8.01. The number of carbonyl (C=O) groups is 1. The normalized spacial score (nSPS) is 14.0. The van der Waals surface area contributed by atoms with Gasteiger partial charge in [0, 0.05) is 26.2 Å². The van der Waals surface area contributed by atoms with Gasteiger partial charge in [0.05, 0.1) is 28.8 Å². The standard InChI is InChI=1S/C24H23F2N5O/c1-16(2)23-20(15-28-31(23)18-8-6-17(25)7-9-18)24(32)30-12-10-29(11-13-30)22-5-3-4-21(26)19(22)14-27/h3-9,15-16H,10-13H2,1-2H3. The maximum Gasteiger partial charge on any atom is 0.257 e. The van der Waals surface area contributed by atoms with Crippen LogP contribution in [0.4, 0.5) is 14.5 Å². The zero-order chi connectivity index (χ0) is 22.8. The van der Waals surface area contributed by atoms with Crippen LogP contribution in [0, 0.1) is 23.0 Å². The highest BCUT2D eigenvalue weighted by atomic mass is 19.1. The summed E-state index contributed by atoms with van der Waals surface area (Å²) in [5.74, 6) is -0.980. The number of hydrogen-bond donors (Lipinski definition) is 0. The summed E-state index contributed by atoms with van der Waals surface area (Å²) >= 11 is 0. The fraction of sp³-hybridized carbons (Fsp3) is 0.292. The molecule has 0 atom stereocenters. The molecule has 0 saturated carbocycles. The van der Waals surface area contributed by atoms with Crippen molar-refractivity contribution in [2.24, 2.45) is 0 Å². The highest BCUT2D eigenvalue weighted by Crippen LogP contribution is 2.27. The minimum absolute atomic E-state index is 0.0215. The topological polar surface area (TPSA) is 65.2 Å². The Morgan fingerprint density at radius 1 is 1.06 bits per heavy atom. The van der Waals surface area contributed by atoms with Crippen molar-refractivity contribution in [2.45, 2.75) is 19.8 Å². The number of rotatable bonds is 4. The van der Waals surface area contributed by atoms with Crippen LogP contribution in [0.3, 0.4) is 0 Å². The summed E-state index contributed by atoms with van der Waals surface area (Å²) in [6, 6.07) is 12.5. The van der Waals surface area contributed by atoms with Crippen LogP contribution in [0.5, 0.6) is 0 Å². The van der Waals surface area contributed by atoms with Crippen LogP contribution in [0.25, 0.3) is 5.69 Å². The smallest absolute Gasteiger partial charge is 0.257 e. The van der Waals surface area contributed by atoms with E-state index in [1.165, 1.54) is 18.2 Å². The van der Waals surface area contributed by atoms with Gasteiger partial charge in [-0.15, -0.1) is 0 Å². The van der Waals surface area contributed by atoms with E-state index in [1.54, 1.807) is 40.0 Å². The van der Waals surface area contributed by atoms with Crippen LogP contribution in [0.15, 0.2) is 48.7 Å². The number of aromatic nitrogens is 2. The van der Waals surface area contributed by atoms with Gasteiger partial charge in [-0.05, 0) is 42.3 Å². The van der Waals surface area contributed by atoms with E-state index < -0.39 is 5.82 Å². The molecule has 1 aliphatic heterocycles. The number of hydrogen-bond acceptors (Lipinski definition) is 4. The highest BCUT2D eigenvalue weighted by Gasteiger charge is 2.28. The van der Waals surface area contributed by atoms with Crippen LogP contribution in [-0.2, 0) is 0 Å². The fourth-order valence-electron chi connectivity index (χ4n) is 4.07. The van der Waals surface area contributed by atoms with Crippen LogP contribution in [0.1, 0.15) is 41.4 Å². The van der Waals surface area contributed by atoms with Crippen LogP contribution in [-0.4, -0.2) is 46.8 Å². The molecule has 0 radical (unpaired) electrons. The van der Waals surface area contributed by atoms with Gasteiger partial charge in [0.2, 0.25) is 0 Å². The molecule has 1 aliphatic rings. The molecule has 2 aromatic carbocycles. The van der Waals surface area contributed by atoms with Crippen molar-refractivity contribution in [1.29, 1.82) is 5.26 Å². The number of nitriles is 1. The number of anilines is 1. The Morgan fingerprint density at radius 3 is 2.38 bits per heavy atom. The summed E-state index contributed by atoms with van der Waals surface area (Å²) < 4.78 is 29.0. The van der Waals surface area contributed by atoms with Gasteiger partial charge in [-0.1, -0.05) is 19.9 Å². The van der Waals surface area contributed by atoms with E-state index in [-0.39, 0.29) is 23.2 Å². The number of halogens is 2. The molecule has 0 spiro atoms. The molecular formula is C24H23F2N5O. The molecule has 32 heavy (non-hydrogen) atoms. The molecule has 1 aromatic heterocycles. The molecule has 4 rings (SSSR count). The molecule has 164 valence electrons. The molecule has 3 aromatic rings. The molecule has 8 heteroatoms. The van der Waals surface area contributed by atoms with Gasteiger partial charge in [-0.25, -0.2) is 13.5 Å². The van der Waals surface area contributed by atoms with E-state index >= 15 is 0 Å². The van der Waals surface area contributed by atoms with E-state index in [0.29, 0.717) is 43.1 Å². The van der Waals surface area contributed by atoms with E-state index in [2.05, 4.69) is 5.10 Å². The van der Waals surface area contributed by atoms with Crippen molar-refractivity contribution < 1.29 is 13.6 Å². The quantitative estimate of drug-likeness (QED) is 0.619. The van der Waals surface area contributed by atoms with E-state index in [4.69, 9.17) is 0 Å². The zero-order valence-electron chi connectivity index (χ0n) is 17.9. The third-order valence-electron chi connectivity index (χ3n) is 5.67. The SMILES string of the molecule is CC(C)c1c(C(=O)N2CCN(c3cccc(F)c3C#N)CC2)cnn1-c1ccc(F)cc1. The van der Waals surface area contributed by atoms with E-state index in [1.807, 2.05) is 24.8 Å². The minimum atomic E-state index is -0.543. The van der Waals surface area contributed by atoms with Crippen molar-refractivity contribution >= 4 is 11.6 Å². The Morgan fingerprint density at radius 2 is 1.75 bits per heavy atom. The van der Waals surface area contributed by atoms with Crippen LogP contribution < -0.4 is 4.90 Å². The molecule has 1 saturated heterocycles. The van der Waals surface area contributed by atoms with Crippen molar-refractivity contribution in [1.82, 2.24) is 14.7 Å². The number of carbonyl (C=O) groups excluding carboxylic acids is 1. The second kappa shape index (κ2) is 8.79. The predicted molar refractivity (Wildman–Crippen MR) is 117 cm³/mol. The van der Waals surface area contributed by atoms with Crippen molar-refractivity contribution in [3.63, 3.8) is 0 Å². The van der Waals surface area contributed by atoms with Gasteiger partial charge in [0.25, 0.3) is 5.91 Å². The lowest BCUT2D eigenvalue weighted by Gasteiger charge is -2.36. The highest BCUT2D eigenvalue weighted by molar-refractivity contribution is 5.95. The average Bonchev–Trinajstić information content (AvgIpc) is 3.24. The van der Waals surface area contributed by atoms with Gasteiger partial charge in [-0.2, -0.15) is 10.4 Å². The first-order chi connectivity index (χ1) is 15.4. The molecule has 0 unspecified atom stereocenters. The predicted octanol–water partition coefficient (Wildman–Crippen LogP) is 4.11. The van der Waals surface area contributed by atoms with Gasteiger partial charge >= 0.3 is 0 Å².